The van der Waals surface area contributed by atoms with Gasteiger partial charge in [-0.05, 0) is 67.4 Å². The molecule has 158 valence electrons. The van der Waals surface area contributed by atoms with Crippen LogP contribution in [0.4, 0.5) is 14.5 Å². The van der Waals surface area contributed by atoms with Crippen molar-refractivity contribution in [1.29, 1.82) is 0 Å². The van der Waals surface area contributed by atoms with Gasteiger partial charge >= 0.3 is 0 Å². The Morgan fingerprint density at radius 2 is 1.73 bits per heavy atom. The summed E-state index contributed by atoms with van der Waals surface area (Å²) in [5.41, 5.74) is 2.80. The van der Waals surface area contributed by atoms with Gasteiger partial charge in [-0.15, -0.1) is 0 Å². The van der Waals surface area contributed by atoms with Crippen molar-refractivity contribution in [2.24, 2.45) is 7.05 Å². The van der Waals surface area contributed by atoms with E-state index in [-0.39, 0.29) is 23.6 Å². The van der Waals surface area contributed by atoms with Crippen molar-refractivity contribution in [3.8, 4) is 0 Å². The molecule has 0 amide bonds. The lowest BCUT2D eigenvalue weighted by Crippen LogP contribution is -2.15. The van der Waals surface area contributed by atoms with E-state index in [1.807, 2.05) is 6.07 Å². The fourth-order valence-electron chi connectivity index (χ4n) is 3.26. The number of nitrogens with one attached hydrogen (secondary N) is 1. The number of hydrogen-bond donors (Lipinski definition) is 1. The summed E-state index contributed by atoms with van der Waals surface area (Å²) in [5.74, 6) is -1.32. The molecule has 0 saturated heterocycles. The average molecular weight is 432 g/mol. The molecule has 0 saturated carbocycles. The van der Waals surface area contributed by atoms with Crippen molar-refractivity contribution in [3.05, 3.63) is 88.2 Å². The third kappa shape index (κ3) is 4.59. The van der Waals surface area contributed by atoms with Gasteiger partial charge in [0.25, 0.3) is 0 Å². The van der Waals surface area contributed by atoms with Gasteiger partial charge in [0.05, 0.1) is 17.1 Å². The van der Waals surface area contributed by atoms with Crippen LogP contribution in [0, 0.1) is 18.6 Å². The standard InChI is InChI=1S/C22H22F2N2O3S/c1-4-30(28,29)25-18-10-7-16(20(24)13-18)12-19-11-14(2)21(26(19)3)22(27)15-5-8-17(23)9-6-15/h5-11,13,25H,4,12H2,1-3H3. The van der Waals surface area contributed by atoms with Crippen molar-refractivity contribution < 1.29 is 22.0 Å². The van der Waals surface area contributed by atoms with E-state index in [4.69, 9.17) is 0 Å². The quantitative estimate of drug-likeness (QED) is 0.569. The number of sulfonamides is 1. The van der Waals surface area contributed by atoms with E-state index < -0.39 is 21.7 Å². The molecule has 8 heteroatoms. The topological polar surface area (TPSA) is 68.2 Å². The lowest BCUT2D eigenvalue weighted by Gasteiger charge is -2.11. The Bertz CT molecular complexity index is 1200. The summed E-state index contributed by atoms with van der Waals surface area (Å²) in [7, 11) is -1.77. The maximum Gasteiger partial charge on any atom is 0.232 e. The number of benzene rings is 2. The Hall–Kier alpha value is -3.00. The molecule has 5 nitrogen and oxygen atoms in total. The Morgan fingerprint density at radius 1 is 1.07 bits per heavy atom. The highest BCUT2D eigenvalue weighted by molar-refractivity contribution is 7.92. The highest BCUT2D eigenvalue weighted by Gasteiger charge is 2.19. The van der Waals surface area contributed by atoms with Crippen molar-refractivity contribution in [3.63, 3.8) is 0 Å². The van der Waals surface area contributed by atoms with E-state index in [0.29, 0.717) is 16.8 Å². The van der Waals surface area contributed by atoms with E-state index in [2.05, 4.69) is 4.72 Å². The number of ketones is 1. The smallest absolute Gasteiger partial charge is 0.232 e. The second-order valence-electron chi connectivity index (χ2n) is 7.05. The lowest BCUT2D eigenvalue weighted by molar-refractivity contribution is 0.103. The normalized spacial score (nSPS) is 11.5. The first-order valence-corrected chi connectivity index (χ1v) is 11.0. The number of carbonyl (C=O) groups is 1. The molecule has 3 rings (SSSR count). The largest absolute Gasteiger partial charge is 0.344 e. The monoisotopic (exact) mass is 432 g/mol. The molecule has 0 fully saturated rings. The third-order valence-corrected chi connectivity index (χ3v) is 6.23. The number of aromatic nitrogens is 1. The van der Waals surface area contributed by atoms with E-state index in [1.165, 1.54) is 43.3 Å². The second kappa shape index (κ2) is 8.39. The first-order chi connectivity index (χ1) is 14.1. The predicted molar refractivity (Wildman–Crippen MR) is 112 cm³/mol. The van der Waals surface area contributed by atoms with Crippen LogP contribution in [0.2, 0.25) is 0 Å². The van der Waals surface area contributed by atoms with Crippen LogP contribution in [0.3, 0.4) is 0 Å². The van der Waals surface area contributed by atoms with Gasteiger partial charge in [-0.2, -0.15) is 0 Å². The number of carbonyl (C=O) groups excluding carboxylic acids is 1. The fraction of sp³-hybridized carbons (Fsp3) is 0.227. The predicted octanol–water partition coefficient (Wildman–Crippen LogP) is 4.20. The van der Waals surface area contributed by atoms with Crippen LogP contribution in [0.25, 0.3) is 0 Å². The summed E-state index contributed by atoms with van der Waals surface area (Å²) in [4.78, 5) is 12.9. The molecule has 0 bridgehead atoms. The number of rotatable bonds is 7. The Labute approximate surface area is 174 Å². The molecule has 0 atom stereocenters. The van der Waals surface area contributed by atoms with E-state index in [1.54, 1.807) is 18.5 Å². The summed E-state index contributed by atoms with van der Waals surface area (Å²) in [6, 6.07) is 11.3. The molecule has 2 aromatic carbocycles. The first-order valence-electron chi connectivity index (χ1n) is 9.35. The third-order valence-electron chi connectivity index (χ3n) is 4.92. The van der Waals surface area contributed by atoms with Crippen LogP contribution >= 0.6 is 0 Å². The van der Waals surface area contributed by atoms with Crippen molar-refractivity contribution in [2.45, 2.75) is 20.3 Å². The molecule has 0 aliphatic rings. The number of hydrogen-bond acceptors (Lipinski definition) is 3. The zero-order valence-corrected chi connectivity index (χ0v) is 17.7. The summed E-state index contributed by atoms with van der Waals surface area (Å²) < 4.78 is 55.0. The maximum absolute atomic E-state index is 14.6. The highest BCUT2D eigenvalue weighted by Crippen LogP contribution is 2.23. The summed E-state index contributed by atoms with van der Waals surface area (Å²) in [6.45, 7) is 3.29. The number of aryl methyl sites for hydroxylation is 1. The van der Waals surface area contributed by atoms with Gasteiger partial charge in [0.2, 0.25) is 15.8 Å². The second-order valence-corrected chi connectivity index (χ2v) is 9.06. The number of halogens is 2. The molecule has 1 N–H and O–H groups in total. The number of nitrogens with zero attached hydrogens (tertiary/aromatic N) is 1. The summed E-state index contributed by atoms with van der Waals surface area (Å²) in [5, 5.41) is 0. The minimum atomic E-state index is -3.49. The van der Waals surface area contributed by atoms with Crippen LogP contribution in [0.1, 0.15) is 39.8 Å². The Morgan fingerprint density at radius 3 is 2.33 bits per heavy atom. The average Bonchev–Trinajstić information content (AvgIpc) is 2.97. The van der Waals surface area contributed by atoms with Gasteiger partial charge in [-0.25, -0.2) is 17.2 Å². The van der Waals surface area contributed by atoms with Gasteiger partial charge in [-0.1, -0.05) is 6.07 Å². The lowest BCUT2D eigenvalue weighted by atomic mass is 10.1. The number of anilines is 1. The molecule has 0 unspecified atom stereocenters. The van der Waals surface area contributed by atoms with Crippen LogP contribution in [-0.4, -0.2) is 24.5 Å². The Kier molecular flexibility index (Phi) is 6.07. The Balaban J connectivity index is 1.87. The minimum absolute atomic E-state index is 0.107. The molecule has 1 aromatic heterocycles. The van der Waals surface area contributed by atoms with Gasteiger partial charge < -0.3 is 4.57 Å². The van der Waals surface area contributed by atoms with Gasteiger partial charge in [0.1, 0.15) is 11.6 Å². The molecule has 1 heterocycles. The molecule has 3 aromatic rings. The van der Waals surface area contributed by atoms with Crippen LogP contribution in [0.15, 0.2) is 48.5 Å². The van der Waals surface area contributed by atoms with Gasteiger partial charge in [-0.3, -0.25) is 9.52 Å². The van der Waals surface area contributed by atoms with Gasteiger partial charge in [0.15, 0.2) is 0 Å². The molecule has 0 radical (unpaired) electrons. The van der Waals surface area contributed by atoms with Crippen molar-refractivity contribution in [1.82, 2.24) is 4.57 Å². The molecular weight excluding hydrogens is 410 g/mol. The molecule has 0 aliphatic carbocycles. The van der Waals surface area contributed by atoms with Crippen LogP contribution in [-0.2, 0) is 23.5 Å². The molecule has 30 heavy (non-hydrogen) atoms. The van der Waals surface area contributed by atoms with E-state index in [9.17, 15) is 22.0 Å². The summed E-state index contributed by atoms with van der Waals surface area (Å²) in [6.07, 6.45) is 0.223. The van der Waals surface area contributed by atoms with Crippen molar-refractivity contribution >= 4 is 21.5 Å². The molecule has 0 aliphatic heterocycles. The minimum Gasteiger partial charge on any atom is -0.344 e. The van der Waals surface area contributed by atoms with Crippen LogP contribution in [0.5, 0.6) is 0 Å². The van der Waals surface area contributed by atoms with E-state index in [0.717, 1.165) is 17.3 Å². The molecule has 0 spiro atoms. The van der Waals surface area contributed by atoms with Crippen molar-refractivity contribution in [2.75, 3.05) is 10.5 Å². The zero-order valence-electron chi connectivity index (χ0n) is 16.9. The zero-order chi connectivity index (χ0) is 22.1. The molecular formula is C22H22F2N2O3S. The summed E-state index contributed by atoms with van der Waals surface area (Å²) >= 11 is 0. The van der Waals surface area contributed by atoms with Gasteiger partial charge in [0, 0.05) is 24.7 Å². The van der Waals surface area contributed by atoms with E-state index >= 15 is 0 Å². The first kappa shape index (κ1) is 21.7. The highest BCUT2D eigenvalue weighted by atomic mass is 32.2. The SMILES string of the molecule is CCS(=O)(=O)Nc1ccc(Cc2cc(C)c(C(=O)c3ccc(F)cc3)n2C)c(F)c1. The van der Waals surface area contributed by atoms with Crippen LogP contribution < -0.4 is 4.72 Å². The fourth-order valence-corrected chi connectivity index (χ4v) is 3.89. The maximum atomic E-state index is 14.6.